The van der Waals surface area contributed by atoms with Crippen molar-refractivity contribution >= 4 is 17.3 Å². The Balaban J connectivity index is 2.69. The SMILES string of the molecule is CC(=O)O[C@@H](CC#N)c1cccs1. The summed E-state index contributed by atoms with van der Waals surface area (Å²) in [5, 5.41) is 10.4. The van der Waals surface area contributed by atoms with Gasteiger partial charge in [-0.1, -0.05) is 6.07 Å². The van der Waals surface area contributed by atoms with Crippen LogP contribution in [0.25, 0.3) is 0 Å². The van der Waals surface area contributed by atoms with Gasteiger partial charge >= 0.3 is 5.97 Å². The fraction of sp³-hybridized carbons (Fsp3) is 0.333. The van der Waals surface area contributed by atoms with Crippen molar-refractivity contribution in [2.75, 3.05) is 0 Å². The molecule has 3 nitrogen and oxygen atoms in total. The molecule has 0 aliphatic rings. The molecule has 1 rings (SSSR count). The van der Waals surface area contributed by atoms with Gasteiger partial charge in [0.1, 0.15) is 6.10 Å². The molecule has 13 heavy (non-hydrogen) atoms. The van der Waals surface area contributed by atoms with Crippen LogP contribution in [0.5, 0.6) is 0 Å². The molecule has 68 valence electrons. The van der Waals surface area contributed by atoms with E-state index >= 15 is 0 Å². The molecule has 1 atom stereocenters. The molecule has 1 aromatic rings. The molecule has 1 aromatic heterocycles. The number of hydrogen-bond donors (Lipinski definition) is 0. The number of esters is 1. The van der Waals surface area contributed by atoms with Crippen molar-refractivity contribution in [1.29, 1.82) is 5.26 Å². The minimum atomic E-state index is -0.400. The third kappa shape index (κ3) is 2.88. The highest BCUT2D eigenvalue weighted by atomic mass is 32.1. The normalized spacial score (nSPS) is 11.7. The molecule has 1 heterocycles. The van der Waals surface area contributed by atoms with E-state index in [1.165, 1.54) is 18.3 Å². The monoisotopic (exact) mass is 195 g/mol. The number of nitriles is 1. The Hall–Kier alpha value is -1.34. The van der Waals surface area contributed by atoms with Crippen LogP contribution >= 0.6 is 11.3 Å². The zero-order valence-electron chi connectivity index (χ0n) is 7.19. The number of rotatable bonds is 3. The second-order valence-electron chi connectivity index (χ2n) is 2.48. The summed E-state index contributed by atoms with van der Waals surface area (Å²) in [5.74, 6) is -0.353. The van der Waals surface area contributed by atoms with Gasteiger partial charge in [-0.25, -0.2) is 0 Å². The largest absolute Gasteiger partial charge is 0.456 e. The van der Waals surface area contributed by atoms with E-state index in [1.807, 2.05) is 23.6 Å². The topological polar surface area (TPSA) is 50.1 Å². The van der Waals surface area contributed by atoms with Crippen molar-refractivity contribution < 1.29 is 9.53 Å². The lowest BCUT2D eigenvalue weighted by atomic mass is 10.2. The predicted molar refractivity (Wildman–Crippen MR) is 49.1 cm³/mol. The quantitative estimate of drug-likeness (QED) is 0.695. The highest BCUT2D eigenvalue weighted by Crippen LogP contribution is 2.25. The standard InChI is InChI=1S/C9H9NO2S/c1-7(11)12-8(4-5-10)9-3-2-6-13-9/h2-3,6,8H,4H2,1H3/t8-/m0/s1. The zero-order valence-corrected chi connectivity index (χ0v) is 8.00. The van der Waals surface area contributed by atoms with Crippen LogP contribution in [-0.2, 0) is 9.53 Å². The van der Waals surface area contributed by atoms with Crippen molar-refractivity contribution in [3.8, 4) is 6.07 Å². The number of ether oxygens (including phenoxy) is 1. The van der Waals surface area contributed by atoms with Crippen molar-refractivity contribution in [2.24, 2.45) is 0 Å². The van der Waals surface area contributed by atoms with Crippen LogP contribution < -0.4 is 0 Å². The fourth-order valence-electron chi connectivity index (χ4n) is 0.958. The molecular formula is C9H9NO2S. The summed E-state index contributed by atoms with van der Waals surface area (Å²) in [4.78, 5) is 11.6. The van der Waals surface area contributed by atoms with E-state index in [9.17, 15) is 4.79 Å². The van der Waals surface area contributed by atoms with Gasteiger partial charge < -0.3 is 4.74 Å². The summed E-state index contributed by atoms with van der Waals surface area (Å²) in [6, 6.07) is 5.72. The Morgan fingerprint density at radius 3 is 3.08 bits per heavy atom. The molecule has 0 spiro atoms. The molecule has 0 fully saturated rings. The molecule has 0 aliphatic carbocycles. The first-order valence-electron chi connectivity index (χ1n) is 3.81. The van der Waals surface area contributed by atoms with E-state index in [2.05, 4.69) is 0 Å². The van der Waals surface area contributed by atoms with Crippen LogP contribution in [0.2, 0.25) is 0 Å². The molecule has 0 N–H and O–H groups in total. The van der Waals surface area contributed by atoms with Crippen LogP contribution in [-0.4, -0.2) is 5.97 Å². The highest BCUT2D eigenvalue weighted by Gasteiger charge is 2.14. The Labute approximate surface area is 80.6 Å². The molecule has 0 radical (unpaired) electrons. The number of carbonyl (C=O) groups is 1. The number of carbonyl (C=O) groups excluding carboxylic acids is 1. The average molecular weight is 195 g/mol. The first kappa shape index (κ1) is 9.75. The molecule has 4 heteroatoms. The third-order valence-electron chi connectivity index (χ3n) is 1.45. The Kier molecular flexibility index (Phi) is 3.47. The Morgan fingerprint density at radius 2 is 2.62 bits per heavy atom. The van der Waals surface area contributed by atoms with E-state index in [0.29, 0.717) is 0 Å². The predicted octanol–water partition coefficient (Wildman–Crippen LogP) is 2.27. The van der Waals surface area contributed by atoms with Crippen LogP contribution in [0.15, 0.2) is 17.5 Å². The molecule has 0 aliphatic heterocycles. The highest BCUT2D eigenvalue weighted by molar-refractivity contribution is 7.10. The first-order chi connectivity index (χ1) is 6.24. The van der Waals surface area contributed by atoms with Crippen molar-refractivity contribution in [3.63, 3.8) is 0 Å². The van der Waals surface area contributed by atoms with Crippen LogP contribution in [0.1, 0.15) is 24.3 Å². The molecule has 0 aromatic carbocycles. The van der Waals surface area contributed by atoms with Crippen molar-refractivity contribution in [3.05, 3.63) is 22.4 Å². The van der Waals surface area contributed by atoms with Gasteiger partial charge in [0.25, 0.3) is 0 Å². The third-order valence-corrected chi connectivity index (χ3v) is 2.41. The maximum atomic E-state index is 10.7. The Bertz CT molecular complexity index is 313. The zero-order chi connectivity index (χ0) is 9.68. The number of thiophene rings is 1. The summed E-state index contributed by atoms with van der Waals surface area (Å²) < 4.78 is 4.98. The summed E-state index contributed by atoms with van der Waals surface area (Å²) in [6.45, 7) is 1.35. The second kappa shape index (κ2) is 4.63. The summed E-state index contributed by atoms with van der Waals surface area (Å²) in [7, 11) is 0. The minimum Gasteiger partial charge on any atom is -0.456 e. The van der Waals surface area contributed by atoms with E-state index in [4.69, 9.17) is 10.00 Å². The number of nitrogens with zero attached hydrogens (tertiary/aromatic N) is 1. The van der Waals surface area contributed by atoms with E-state index in [1.54, 1.807) is 0 Å². The van der Waals surface area contributed by atoms with Crippen molar-refractivity contribution in [2.45, 2.75) is 19.4 Å². The van der Waals surface area contributed by atoms with Gasteiger partial charge in [-0.05, 0) is 11.4 Å². The fourth-order valence-corrected chi connectivity index (χ4v) is 1.71. The smallest absolute Gasteiger partial charge is 0.303 e. The van der Waals surface area contributed by atoms with Gasteiger partial charge in [0.15, 0.2) is 0 Å². The summed E-state index contributed by atoms with van der Waals surface area (Å²) in [6.07, 6.45) is -0.192. The average Bonchev–Trinajstić information content (AvgIpc) is 2.54. The summed E-state index contributed by atoms with van der Waals surface area (Å²) in [5.41, 5.74) is 0. The lowest BCUT2D eigenvalue weighted by molar-refractivity contribution is -0.146. The van der Waals surface area contributed by atoms with E-state index < -0.39 is 6.10 Å². The van der Waals surface area contributed by atoms with Gasteiger partial charge in [0.2, 0.25) is 0 Å². The van der Waals surface area contributed by atoms with Gasteiger partial charge in [-0.3, -0.25) is 4.79 Å². The molecule has 0 unspecified atom stereocenters. The maximum absolute atomic E-state index is 10.7. The molecule has 0 saturated heterocycles. The van der Waals surface area contributed by atoms with Crippen molar-refractivity contribution in [1.82, 2.24) is 0 Å². The van der Waals surface area contributed by atoms with Gasteiger partial charge in [-0.2, -0.15) is 5.26 Å². The maximum Gasteiger partial charge on any atom is 0.303 e. The lowest BCUT2D eigenvalue weighted by Crippen LogP contribution is -2.06. The molecule has 0 saturated carbocycles. The first-order valence-corrected chi connectivity index (χ1v) is 4.69. The van der Waals surface area contributed by atoms with Gasteiger partial charge in [0, 0.05) is 11.8 Å². The van der Waals surface area contributed by atoms with Gasteiger partial charge in [-0.15, -0.1) is 11.3 Å². The minimum absolute atomic E-state index is 0.208. The van der Waals surface area contributed by atoms with Crippen LogP contribution in [0.3, 0.4) is 0 Å². The van der Waals surface area contributed by atoms with Crippen LogP contribution in [0.4, 0.5) is 0 Å². The summed E-state index contributed by atoms with van der Waals surface area (Å²) >= 11 is 1.48. The molecular weight excluding hydrogens is 186 g/mol. The van der Waals surface area contributed by atoms with E-state index in [-0.39, 0.29) is 12.4 Å². The van der Waals surface area contributed by atoms with E-state index in [0.717, 1.165) is 4.88 Å². The molecule has 0 amide bonds. The number of hydrogen-bond acceptors (Lipinski definition) is 4. The lowest BCUT2D eigenvalue weighted by Gasteiger charge is -2.11. The van der Waals surface area contributed by atoms with Crippen LogP contribution in [0, 0.1) is 11.3 Å². The van der Waals surface area contributed by atoms with Gasteiger partial charge in [0.05, 0.1) is 12.5 Å². The second-order valence-corrected chi connectivity index (χ2v) is 3.46. The molecule has 0 bridgehead atoms. The Morgan fingerprint density at radius 1 is 1.85 bits per heavy atom.